The highest BCUT2D eigenvalue weighted by Crippen LogP contribution is 2.30. The van der Waals surface area contributed by atoms with Gasteiger partial charge in [0.2, 0.25) is 0 Å². The molecule has 45 heavy (non-hydrogen) atoms. The first-order chi connectivity index (χ1) is 22.0. The molecule has 7 aromatic rings. The van der Waals surface area contributed by atoms with E-state index in [1.807, 2.05) is 112 Å². The summed E-state index contributed by atoms with van der Waals surface area (Å²) in [7, 11) is 0. The van der Waals surface area contributed by atoms with Gasteiger partial charge in [0.1, 0.15) is 0 Å². The zero-order chi connectivity index (χ0) is 30.8. The second kappa shape index (κ2) is 12.0. The summed E-state index contributed by atoms with van der Waals surface area (Å²) in [4.78, 5) is 29.3. The van der Waals surface area contributed by atoms with Gasteiger partial charge in [0.25, 0.3) is 0 Å². The summed E-state index contributed by atoms with van der Waals surface area (Å²) in [6.45, 7) is 6.00. The molecule has 0 saturated carbocycles. The van der Waals surface area contributed by atoms with Gasteiger partial charge in [0, 0.05) is 50.5 Å². The first-order valence-corrected chi connectivity index (χ1v) is 14.9. The fourth-order valence-corrected chi connectivity index (χ4v) is 5.33. The van der Waals surface area contributed by atoms with Gasteiger partial charge in [-0.25, -0.2) is 15.0 Å². The number of aromatic nitrogens is 6. The van der Waals surface area contributed by atoms with E-state index in [2.05, 4.69) is 36.4 Å². The minimum atomic E-state index is 0.586. The Morgan fingerprint density at radius 3 is 0.844 bits per heavy atom. The summed E-state index contributed by atoms with van der Waals surface area (Å²) < 4.78 is 0. The molecule has 0 spiro atoms. The Morgan fingerprint density at radius 2 is 0.556 bits per heavy atom. The molecule has 7 rings (SSSR count). The van der Waals surface area contributed by atoms with Gasteiger partial charge in [-0.3, -0.25) is 15.0 Å². The van der Waals surface area contributed by atoms with Crippen molar-refractivity contribution in [3.8, 4) is 67.9 Å². The normalized spacial score (nSPS) is 11.0. The Balaban J connectivity index is 1.38. The Kier molecular flexibility index (Phi) is 7.46. The van der Waals surface area contributed by atoms with Crippen LogP contribution in [0, 0.1) is 20.8 Å². The summed E-state index contributed by atoms with van der Waals surface area (Å²) in [6.07, 6.45) is 0. The molecule has 0 unspecified atom stereocenters. The van der Waals surface area contributed by atoms with Crippen LogP contribution in [0.2, 0.25) is 0 Å². The molecule has 0 aliphatic rings. The van der Waals surface area contributed by atoms with Crippen LogP contribution in [0.15, 0.2) is 127 Å². The maximum absolute atomic E-state index is 5.02. The van der Waals surface area contributed by atoms with E-state index in [0.717, 1.165) is 67.5 Å². The monoisotopic (exact) mass is 582 g/mol. The van der Waals surface area contributed by atoms with E-state index in [-0.39, 0.29) is 0 Å². The Labute approximate surface area is 262 Å². The lowest BCUT2D eigenvalue weighted by Crippen LogP contribution is -2.01. The Hall–Kier alpha value is -5.88. The topological polar surface area (TPSA) is 77.3 Å². The number of rotatable bonds is 6. The zero-order valence-electron chi connectivity index (χ0n) is 25.3. The third-order valence-electron chi connectivity index (χ3n) is 7.55. The molecular weight excluding hydrogens is 552 g/mol. The van der Waals surface area contributed by atoms with Gasteiger partial charge in [-0.1, -0.05) is 72.8 Å². The van der Waals surface area contributed by atoms with Crippen LogP contribution in [0.4, 0.5) is 0 Å². The third-order valence-corrected chi connectivity index (χ3v) is 7.55. The molecule has 0 atom stereocenters. The van der Waals surface area contributed by atoms with Crippen LogP contribution in [0.3, 0.4) is 0 Å². The second-order valence-corrected chi connectivity index (χ2v) is 11.0. The van der Waals surface area contributed by atoms with Crippen molar-refractivity contribution in [2.24, 2.45) is 0 Å². The van der Waals surface area contributed by atoms with Crippen molar-refractivity contribution in [1.29, 1.82) is 0 Å². The van der Waals surface area contributed by atoms with Gasteiger partial charge in [-0.05, 0) is 75.4 Å². The van der Waals surface area contributed by atoms with Crippen LogP contribution >= 0.6 is 0 Å². The van der Waals surface area contributed by atoms with Crippen molar-refractivity contribution in [3.63, 3.8) is 0 Å². The highest BCUT2D eigenvalue weighted by molar-refractivity contribution is 5.74. The molecule has 0 radical (unpaired) electrons. The van der Waals surface area contributed by atoms with Crippen molar-refractivity contribution in [2.45, 2.75) is 20.8 Å². The smallest absolute Gasteiger partial charge is 0.164 e. The van der Waals surface area contributed by atoms with Crippen LogP contribution in [-0.4, -0.2) is 29.9 Å². The number of benzene rings is 3. The Morgan fingerprint density at radius 1 is 0.289 bits per heavy atom. The molecule has 6 nitrogen and oxygen atoms in total. The van der Waals surface area contributed by atoms with Crippen molar-refractivity contribution >= 4 is 0 Å². The van der Waals surface area contributed by atoms with Crippen LogP contribution < -0.4 is 0 Å². The van der Waals surface area contributed by atoms with Gasteiger partial charge in [0.05, 0.1) is 17.1 Å². The molecule has 0 aliphatic heterocycles. The minimum Gasteiger partial charge on any atom is -0.253 e. The number of hydrogen-bond donors (Lipinski definition) is 0. The highest BCUT2D eigenvalue weighted by Gasteiger charge is 2.15. The van der Waals surface area contributed by atoms with Crippen molar-refractivity contribution < 1.29 is 0 Å². The predicted octanol–water partition coefficient (Wildman–Crippen LogP) is 8.98. The van der Waals surface area contributed by atoms with E-state index in [1.54, 1.807) is 0 Å². The lowest BCUT2D eigenvalue weighted by Gasteiger charge is -2.11. The molecule has 4 aromatic heterocycles. The highest BCUT2D eigenvalue weighted by atomic mass is 15.0. The first kappa shape index (κ1) is 27.9. The van der Waals surface area contributed by atoms with E-state index in [1.165, 1.54) is 0 Å². The van der Waals surface area contributed by atoms with E-state index in [4.69, 9.17) is 29.9 Å². The van der Waals surface area contributed by atoms with Gasteiger partial charge < -0.3 is 0 Å². The van der Waals surface area contributed by atoms with Crippen LogP contribution in [0.25, 0.3) is 67.9 Å². The Bertz CT molecular complexity index is 1910. The molecule has 0 bridgehead atoms. The first-order valence-electron chi connectivity index (χ1n) is 14.9. The molecule has 0 saturated heterocycles. The average molecular weight is 583 g/mol. The molecule has 0 N–H and O–H groups in total. The fraction of sp³-hybridized carbons (Fsp3) is 0.0769. The van der Waals surface area contributed by atoms with Crippen molar-refractivity contribution in [3.05, 3.63) is 144 Å². The molecule has 216 valence electrons. The van der Waals surface area contributed by atoms with E-state index < -0.39 is 0 Å². The van der Waals surface area contributed by atoms with Crippen LogP contribution in [0.1, 0.15) is 17.1 Å². The SMILES string of the molecule is Cc1cccc(-c2cccc(-c3nc(-c4cccc(-c5cccc(C)n5)c4)nc(-c4cccc(-c5cccc(C)n5)c4)n3)c2)n1. The van der Waals surface area contributed by atoms with Crippen molar-refractivity contribution in [2.75, 3.05) is 0 Å². The van der Waals surface area contributed by atoms with E-state index >= 15 is 0 Å². The molecule has 3 aromatic carbocycles. The van der Waals surface area contributed by atoms with Gasteiger partial charge in [-0.15, -0.1) is 0 Å². The van der Waals surface area contributed by atoms with E-state index in [0.29, 0.717) is 17.5 Å². The zero-order valence-corrected chi connectivity index (χ0v) is 25.3. The summed E-state index contributed by atoms with van der Waals surface area (Å²) in [6, 6.07) is 42.7. The lowest BCUT2D eigenvalue weighted by molar-refractivity contribution is 1.07. The standard InChI is InChI=1S/C39H30N6/c1-25-10-4-19-34(40-25)28-13-7-16-31(22-28)37-43-38(32-17-8-14-29(23-32)35-20-5-11-26(2)41-35)45-39(44-37)33-18-9-15-30(24-33)36-21-6-12-27(3)42-36/h4-24H,1-3H3. The third kappa shape index (κ3) is 6.12. The molecule has 6 heteroatoms. The molecule has 0 fully saturated rings. The summed E-state index contributed by atoms with van der Waals surface area (Å²) in [5.41, 5.74) is 11.3. The number of pyridine rings is 3. The minimum absolute atomic E-state index is 0.586. The summed E-state index contributed by atoms with van der Waals surface area (Å²) >= 11 is 0. The van der Waals surface area contributed by atoms with Gasteiger partial charge in [-0.2, -0.15) is 0 Å². The van der Waals surface area contributed by atoms with Gasteiger partial charge in [0.15, 0.2) is 17.5 Å². The largest absolute Gasteiger partial charge is 0.253 e. The van der Waals surface area contributed by atoms with Crippen LogP contribution in [-0.2, 0) is 0 Å². The number of hydrogen-bond acceptors (Lipinski definition) is 6. The van der Waals surface area contributed by atoms with Crippen LogP contribution in [0.5, 0.6) is 0 Å². The summed E-state index contributed by atoms with van der Waals surface area (Å²) in [5.74, 6) is 1.76. The molecular formula is C39H30N6. The molecule has 0 aliphatic carbocycles. The lowest BCUT2D eigenvalue weighted by atomic mass is 10.0. The maximum atomic E-state index is 5.02. The molecule has 4 heterocycles. The van der Waals surface area contributed by atoms with Crippen molar-refractivity contribution in [1.82, 2.24) is 29.9 Å². The fourth-order valence-electron chi connectivity index (χ4n) is 5.33. The molecule has 0 amide bonds. The van der Waals surface area contributed by atoms with E-state index in [9.17, 15) is 0 Å². The predicted molar refractivity (Wildman–Crippen MR) is 180 cm³/mol. The number of aryl methyl sites for hydroxylation is 3. The van der Waals surface area contributed by atoms with Gasteiger partial charge >= 0.3 is 0 Å². The average Bonchev–Trinajstić information content (AvgIpc) is 3.08. The maximum Gasteiger partial charge on any atom is 0.164 e. The number of nitrogens with zero attached hydrogens (tertiary/aromatic N) is 6. The second-order valence-electron chi connectivity index (χ2n) is 11.0. The quantitative estimate of drug-likeness (QED) is 0.195. The summed E-state index contributed by atoms with van der Waals surface area (Å²) in [5, 5.41) is 0.